The fourth-order valence-electron chi connectivity index (χ4n) is 3.18. The third-order valence-electron chi connectivity index (χ3n) is 4.75. The smallest absolute Gasteiger partial charge is 0.333 e. The zero-order valence-electron chi connectivity index (χ0n) is 17.6. The highest BCUT2D eigenvalue weighted by Crippen LogP contribution is 2.36. The first-order chi connectivity index (χ1) is 13.6. The Hall–Kier alpha value is -3.15. The van der Waals surface area contributed by atoms with Crippen molar-refractivity contribution in [3.05, 3.63) is 59.2 Å². The van der Waals surface area contributed by atoms with Crippen LogP contribution in [0.4, 0.5) is 0 Å². The maximum atomic E-state index is 11.5. The van der Waals surface area contributed by atoms with E-state index in [4.69, 9.17) is 4.74 Å². The Kier molecular flexibility index (Phi) is 5.46. The van der Waals surface area contributed by atoms with Gasteiger partial charge in [0.15, 0.2) is 0 Å². The highest BCUT2D eigenvalue weighted by atomic mass is 16.5. The van der Waals surface area contributed by atoms with Crippen molar-refractivity contribution in [2.24, 2.45) is 0 Å². The van der Waals surface area contributed by atoms with Crippen LogP contribution in [-0.2, 0) is 21.4 Å². The Labute approximate surface area is 170 Å². The summed E-state index contributed by atoms with van der Waals surface area (Å²) in [5.41, 5.74) is 5.21. The second kappa shape index (κ2) is 7.70. The maximum Gasteiger partial charge on any atom is 0.333 e. The number of phenols is 1. The van der Waals surface area contributed by atoms with Gasteiger partial charge in [-0.2, -0.15) is 0 Å². The molecule has 29 heavy (non-hydrogen) atoms. The number of ether oxygens (including phenoxy) is 1. The van der Waals surface area contributed by atoms with E-state index in [2.05, 4.69) is 37.7 Å². The van der Waals surface area contributed by atoms with Crippen LogP contribution in [0.1, 0.15) is 44.4 Å². The number of aryl methyl sites for hydroxylation is 1. The molecule has 152 valence electrons. The molecule has 0 aliphatic carbocycles. The highest BCUT2D eigenvalue weighted by molar-refractivity contribution is 5.86. The minimum absolute atomic E-state index is 0.199. The Balaban J connectivity index is 1.92. The van der Waals surface area contributed by atoms with Gasteiger partial charge in [-0.1, -0.05) is 44.7 Å². The van der Waals surface area contributed by atoms with Crippen LogP contribution in [0.15, 0.2) is 42.5 Å². The van der Waals surface area contributed by atoms with Gasteiger partial charge in [-0.25, -0.2) is 9.48 Å². The molecule has 0 bridgehead atoms. The zero-order chi connectivity index (χ0) is 21.3. The quantitative estimate of drug-likeness (QED) is 0.514. The Morgan fingerprint density at radius 2 is 1.97 bits per heavy atom. The summed E-state index contributed by atoms with van der Waals surface area (Å²) in [6.45, 7) is 13.7. The van der Waals surface area contributed by atoms with E-state index in [0.29, 0.717) is 23.2 Å². The van der Waals surface area contributed by atoms with Crippen molar-refractivity contribution >= 4 is 17.0 Å². The Morgan fingerprint density at radius 3 is 2.62 bits per heavy atom. The fraction of sp³-hybridized carbons (Fsp3) is 0.348. The number of hydrogen-bond donors (Lipinski definition) is 1. The summed E-state index contributed by atoms with van der Waals surface area (Å²) in [6.07, 6.45) is 0.575. The number of carbonyl (C=O) groups is 1. The van der Waals surface area contributed by atoms with Gasteiger partial charge in [0.05, 0.1) is 12.1 Å². The largest absolute Gasteiger partial charge is 0.505 e. The SMILES string of the molecule is C=C(C)C(=O)OCCc1ccc2c(c1)nnn2-c1cc(C)cc(C(C)(C)C)c1O. The lowest BCUT2D eigenvalue weighted by Gasteiger charge is -2.22. The molecular weight excluding hydrogens is 366 g/mol. The van der Waals surface area contributed by atoms with Gasteiger partial charge in [-0.15, -0.1) is 5.10 Å². The normalized spacial score (nSPS) is 11.6. The van der Waals surface area contributed by atoms with Crippen LogP contribution in [0, 0.1) is 6.92 Å². The summed E-state index contributed by atoms with van der Waals surface area (Å²) in [5.74, 6) is -0.174. The first kappa shape index (κ1) is 20.6. The predicted octanol–water partition coefficient (Wildman–Crippen LogP) is 4.39. The van der Waals surface area contributed by atoms with Crippen molar-refractivity contribution < 1.29 is 14.6 Å². The molecule has 1 N–H and O–H groups in total. The van der Waals surface area contributed by atoms with E-state index in [1.165, 1.54) is 0 Å². The van der Waals surface area contributed by atoms with Gasteiger partial charge >= 0.3 is 5.97 Å². The van der Waals surface area contributed by atoms with E-state index in [1.807, 2.05) is 37.3 Å². The summed E-state index contributed by atoms with van der Waals surface area (Å²) in [5, 5.41) is 19.4. The first-order valence-corrected chi connectivity index (χ1v) is 9.59. The number of rotatable bonds is 5. The van der Waals surface area contributed by atoms with Crippen molar-refractivity contribution in [2.45, 2.75) is 46.5 Å². The summed E-state index contributed by atoms with van der Waals surface area (Å²) in [6, 6.07) is 9.70. The molecule has 0 aliphatic heterocycles. The molecule has 0 saturated carbocycles. The second-order valence-corrected chi connectivity index (χ2v) is 8.42. The number of esters is 1. The number of aromatic hydroxyl groups is 1. The van der Waals surface area contributed by atoms with Gasteiger partial charge in [-0.05, 0) is 48.6 Å². The molecule has 0 amide bonds. The van der Waals surface area contributed by atoms with Crippen LogP contribution >= 0.6 is 0 Å². The number of benzene rings is 2. The lowest BCUT2D eigenvalue weighted by molar-refractivity contribution is -0.138. The summed E-state index contributed by atoms with van der Waals surface area (Å²) in [4.78, 5) is 11.5. The monoisotopic (exact) mass is 393 g/mol. The van der Waals surface area contributed by atoms with E-state index >= 15 is 0 Å². The van der Waals surface area contributed by atoms with Gasteiger partial charge in [0.1, 0.15) is 17.0 Å². The van der Waals surface area contributed by atoms with Crippen LogP contribution < -0.4 is 0 Å². The second-order valence-electron chi connectivity index (χ2n) is 8.42. The van der Waals surface area contributed by atoms with Crippen LogP contribution in [0.3, 0.4) is 0 Å². The lowest BCUT2D eigenvalue weighted by atomic mass is 9.85. The van der Waals surface area contributed by atoms with Crippen LogP contribution in [0.5, 0.6) is 5.75 Å². The third kappa shape index (κ3) is 4.31. The van der Waals surface area contributed by atoms with Crippen LogP contribution in [0.2, 0.25) is 0 Å². The molecule has 0 radical (unpaired) electrons. The fourth-order valence-corrected chi connectivity index (χ4v) is 3.18. The number of nitrogens with zero attached hydrogens (tertiary/aromatic N) is 3. The van der Waals surface area contributed by atoms with E-state index in [1.54, 1.807) is 11.6 Å². The molecule has 1 heterocycles. The van der Waals surface area contributed by atoms with Crippen molar-refractivity contribution in [1.29, 1.82) is 0 Å². The Morgan fingerprint density at radius 1 is 1.24 bits per heavy atom. The Bertz CT molecular complexity index is 1090. The summed E-state index contributed by atoms with van der Waals surface area (Å²) < 4.78 is 6.82. The first-order valence-electron chi connectivity index (χ1n) is 9.59. The minimum Gasteiger partial charge on any atom is -0.505 e. The average Bonchev–Trinajstić information content (AvgIpc) is 3.05. The molecule has 1 aromatic heterocycles. The summed E-state index contributed by atoms with van der Waals surface area (Å²) >= 11 is 0. The van der Waals surface area contributed by atoms with Crippen molar-refractivity contribution in [1.82, 2.24) is 15.0 Å². The zero-order valence-corrected chi connectivity index (χ0v) is 17.6. The van der Waals surface area contributed by atoms with Crippen LogP contribution in [0.25, 0.3) is 16.7 Å². The number of aromatic nitrogens is 3. The van der Waals surface area contributed by atoms with E-state index in [9.17, 15) is 9.90 Å². The molecule has 2 aromatic carbocycles. The van der Waals surface area contributed by atoms with Crippen molar-refractivity contribution in [3.8, 4) is 11.4 Å². The van der Waals surface area contributed by atoms with Gasteiger partial charge < -0.3 is 9.84 Å². The van der Waals surface area contributed by atoms with Gasteiger partial charge in [0.2, 0.25) is 0 Å². The number of carbonyl (C=O) groups excluding carboxylic acids is 1. The number of hydrogen-bond acceptors (Lipinski definition) is 5. The minimum atomic E-state index is -0.387. The molecular formula is C23H27N3O3. The van der Waals surface area contributed by atoms with Gasteiger partial charge in [0.25, 0.3) is 0 Å². The molecule has 0 spiro atoms. The standard InChI is InChI=1S/C23H27N3O3/c1-14(2)22(28)29-10-9-16-7-8-19-18(13-16)24-25-26(19)20-12-15(3)11-17(21(20)27)23(4,5)6/h7-8,11-13,27H,1,9-10H2,2-6H3. The third-order valence-corrected chi connectivity index (χ3v) is 4.75. The molecule has 0 unspecified atom stereocenters. The highest BCUT2D eigenvalue weighted by Gasteiger charge is 2.22. The average molecular weight is 393 g/mol. The van der Waals surface area contributed by atoms with Gasteiger partial charge in [-0.3, -0.25) is 0 Å². The molecule has 3 rings (SSSR count). The van der Waals surface area contributed by atoms with Crippen LogP contribution in [-0.4, -0.2) is 32.7 Å². The predicted molar refractivity (Wildman–Crippen MR) is 113 cm³/mol. The number of fused-ring (bicyclic) bond motifs is 1. The van der Waals surface area contributed by atoms with E-state index in [-0.39, 0.29) is 23.7 Å². The van der Waals surface area contributed by atoms with E-state index in [0.717, 1.165) is 22.2 Å². The molecule has 0 fully saturated rings. The molecule has 0 atom stereocenters. The molecule has 6 heteroatoms. The van der Waals surface area contributed by atoms with Crippen molar-refractivity contribution in [2.75, 3.05) is 6.61 Å². The lowest BCUT2D eigenvalue weighted by Crippen LogP contribution is -2.13. The molecule has 6 nitrogen and oxygen atoms in total. The molecule has 0 saturated heterocycles. The van der Waals surface area contributed by atoms with E-state index < -0.39 is 0 Å². The number of phenolic OH excluding ortho intramolecular Hbond substituents is 1. The van der Waals surface area contributed by atoms with Gasteiger partial charge in [0, 0.05) is 17.6 Å². The van der Waals surface area contributed by atoms with Crippen molar-refractivity contribution in [3.63, 3.8) is 0 Å². The topological polar surface area (TPSA) is 77.2 Å². The molecule has 3 aromatic rings. The summed E-state index contributed by atoms with van der Waals surface area (Å²) in [7, 11) is 0. The maximum absolute atomic E-state index is 11.5. The molecule has 0 aliphatic rings.